The number of nitro groups is 1. The number of thiocarbonyl (C=S) groups is 1. The van der Waals surface area contributed by atoms with Gasteiger partial charge in [0.15, 0.2) is 5.11 Å². The summed E-state index contributed by atoms with van der Waals surface area (Å²) in [7, 11) is 0. The molecule has 1 aliphatic heterocycles. The van der Waals surface area contributed by atoms with Crippen LogP contribution in [0.25, 0.3) is 0 Å². The Bertz CT molecular complexity index is 672. The second-order valence-corrected chi connectivity index (χ2v) is 5.01. The van der Waals surface area contributed by atoms with E-state index in [2.05, 4.69) is 10.6 Å². The SMILES string of the molecule is CCOC(=O)C1=C(C)NC(=S)N[C@H]1c1ccccc1[N+](=O)[O-]. The molecule has 0 fully saturated rings. The molecular formula is C14H15N3O4S. The highest BCUT2D eigenvalue weighted by Gasteiger charge is 2.34. The summed E-state index contributed by atoms with van der Waals surface area (Å²) in [6.07, 6.45) is 0. The van der Waals surface area contributed by atoms with Gasteiger partial charge in [0.25, 0.3) is 5.69 Å². The van der Waals surface area contributed by atoms with E-state index in [4.69, 9.17) is 17.0 Å². The van der Waals surface area contributed by atoms with Crippen molar-refractivity contribution in [3.8, 4) is 0 Å². The Labute approximate surface area is 132 Å². The van der Waals surface area contributed by atoms with E-state index in [9.17, 15) is 14.9 Å². The van der Waals surface area contributed by atoms with Crippen LogP contribution in [-0.2, 0) is 9.53 Å². The van der Waals surface area contributed by atoms with Crippen LogP contribution in [0.2, 0.25) is 0 Å². The van der Waals surface area contributed by atoms with Crippen LogP contribution < -0.4 is 10.6 Å². The Morgan fingerprint density at radius 2 is 2.14 bits per heavy atom. The molecule has 1 aromatic carbocycles. The highest BCUT2D eigenvalue weighted by molar-refractivity contribution is 7.80. The Kier molecular flexibility index (Phi) is 4.71. The molecule has 1 atom stereocenters. The van der Waals surface area contributed by atoms with E-state index in [-0.39, 0.29) is 17.9 Å². The van der Waals surface area contributed by atoms with Crippen molar-refractivity contribution in [2.24, 2.45) is 0 Å². The highest BCUT2D eigenvalue weighted by atomic mass is 32.1. The quantitative estimate of drug-likeness (QED) is 0.379. The van der Waals surface area contributed by atoms with Gasteiger partial charge >= 0.3 is 5.97 Å². The van der Waals surface area contributed by atoms with Gasteiger partial charge in [-0.15, -0.1) is 0 Å². The molecule has 0 saturated heterocycles. The molecule has 22 heavy (non-hydrogen) atoms. The number of carbonyl (C=O) groups is 1. The first-order chi connectivity index (χ1) is 10.5. The first kappa shape index (κ1) is 15.9. The van der Waals surface area contributed by atoms with Gasteiger partial charge in [0, 0.05) is 11.8 Å². The smallest absolute Gasteiger partial charge is 0.338 e. The predicted octanol–water partition coefficient (Wildman–Crippen LogP) is 1.95. The van der Waals surface area contributed by atoms with Crippen molar-refractivity contribution in [3.63, 3.8) is 0 Å². The summed E-state index contributed by atoms with van der Waals surface area (Å²) in [5.74, 6) is -0.536. The van der Waals surface area contributed by atoms with Crippen LogP contribution in [0.5, 0.6) is 0 Å². The van der Waals surface area contributed by atoms with E-state index in [0.29, 0.717) is 16.4 Å². The van der Waals surface area contributed by atoms with Gasteiger partial charge in [0.1, 0.15) is 0 Å². The molecule has 0 saturated carbocycles. The summed E-state index contributed by atoms with van der Waals surface area (Å²) < 4.78 is 5.05. The number of nitrogens with one attached hydrogen (secondary N) is 2. The molecule has 0 aliphatic carbocycles. The van der Waals surface area contributed by atoms with Crippen LogP contribution in [0.15, 0.2) is 35.5 Å². The zero-order valence-corrected chi connectivity index (χ0v) is 12.9. The van der Waals surface area contributed by atoms with Gasteiger partial charge in [-0.2, -0.15) is 0 Å². The minimum absolute atomic E-state index is 0.0840. The Balaban J connectivity index is 2.55. The predicted molar refractivity (Wildman–Crippen MR) is 84.0 cm³/mol. The van der Waals surface area contributed by atoms with Crippen LogP contribution in [-0.4, -0.2) is 22.6 Å². The standard InChI is InChI=1S/C14H15N3O4S/c1-3-21-13(18)11-8(2)15-14(22)16-12(11)9-6-4-5-7-10(9)17(19)20/h4-7,12H,3H2,1-2H3,(H2,15,16,22)/t12-/m0/s1. The first-order valence-corrected chi connectivity index (χ1v) is 7.05. The zero-order valence-electron chi connectivity index (χ0n) is 12.1. The molecule has 7 nitrogen and oxygen atoms in total. The molecule has 0 radical (unpaired) electrons. The van der Waals surface area contributed by atoms with Gasteiger partial charge in [-0.25, -0.2) is 4.79 Å². The number of hydrogen-bond donors (Lipinski definition) is 2. The second kappa shape index (κ2) is 6.52. The lowest BCUT2D eigenvalue weighted by atomic mass is 9.94. The maximum atomic E-state index is 12.2. The van der Waals surface area contributed by atoms with E-state index in [0.717, 1.165) is 0 Å². The maximum absolute atomic E-state index is 12.2. The van der Waals surface area contributed by atoms with Crippen LogP contribution in [0, 0.1) is 10.1 Å². The number of hydrogen-bond acceptors (Lipinski definition) is 5. The topological polar surface area (TPSA) is 93.5 Å². The molecule has 0 bridgehead atoms. The summed E-state index contributed by atoms with van der Waals surface area (Å²) in [5, 5.41) is 17.3. The fourth-order valence-electron chi connectivity index (χ4n) is 2.30. The molecule has 0 spiro atoms. The average Bonchev–Trinajstić information content (AvgIpc) is 2.46. The number of esters is 1. The third-order valence-corrected chi connectivity index (χ3v) is 3.43. The van der Waals surface area contributed by atoms with E-state index in [1.807, 2.05) is 0 Å². The number of allylic oxidation sites excluding steroid dienone is 1. The summed E-state index contributed by atoms with van der Waals surface area (Å²) in [6, 6.07) is 5.50. The number of nitrogens with zero attached hydrogens (tertiary/aromatic N) is 1. The van der Waals surface area contributed by atoms with Crippen LogP contribution in [0.1, 0.15) is 25.5 Å². The number of nitro benzene ring substituents is 1. The molecule has 2 rings (SSSR count). The number of para-hydroxylation sites is 1. The lowest BCUT2D eigenvalue weighted by Gasteiger charge is -2.29. The maximum Gasteiger partial charge on any atom is 0.338 e. The monoisotopic (exact) mass is 321 g/mol. The largest absolute Gasteiger partial charge is 0.463 e. The van der Waals surface area contributed by atoms with Gasteiger partial charge in [0.05, 0.1) is 28.7 Å². The molecule has 1 aliphatic rings. The summed E-state index contributed by atoms with van der Waals surface area (Å²) in [6.45, 7) is 3.59. The third kappa shape index (κ3) is 3.06. The zero-order chi connectivity index (χ0) is 16.3. The molecule has 0 unspecified atom stereocenters. The van der Waals surface area contributed by atoms with E-state index in [1.165, 1.54) is 6.07 Å². The van der Waals surface area contributed by atoms with Gasteiger partial charge in [0.2, 0.25) is 0 Å². The van der Waals surface area contributed by atoms with Gasteiger partial charge in [-0.3, -0.25) is 10.1 Å². The minimum atomic E-state index is -0.727. The number of benzene rings is 1. The van der Waals surface area contributed by atoms with E-state index >= 15 is 0 Å². The van der Waals surface area contributed by atoms with Crippen molar-refractivity contribution in [3.05, 3.63) is 51.2 Å². The molecule has 1 aromatic rings. The molecule has 0 amide bonds. The molecule has 0 aromatic heterocycles. The second-order valence-electron chi connectivity index (χ2n) is 4.61. The minimum Gasteiger partial charge on any atom is -0.463 e. The Morgan fingerprint density at radius 1 is 1.45 bits per heavy atom. The fourth-order valence-corrected chi connectivity index (χ4v) is 2.58. The summed E-state index contributed by atoms with van der Waals surface area (Å²) >= 11 is 5.09. The number of rotatable bonds is 4. The fraction of sp³-hybridized carbons (Fsp3) is 0.286. The molecular weight excluding hydrogens is 306 g/mol. The van der Waals surface area contributed by atoms with Gasteiger partial charge in [-0.1, -0.05) is 12.1 Å². The lowest BCUT2D eigenvalue weighted by Crippen LogP contribution is -2.45. The Hall–Kier alpha value is -2.48. The van der Waals surface area contributed by atoms with Crippen molar-refractivity contribution in [1.29, 1.82) is 0 Å². The van der Waals surface area contributed by atoms with Crippen LogP contribution in [0.3, 0.4) is 0 Å². The highest BCUT2D eigenvalue weighted by Crippen LogP contribution is 2.33. The third-order valence-electron chi connectivity index (χ3n) is 3.21. The Morgan fingerprint density at radius 3 is 2.77 bits per heavy atom. The molecule has 116 valence electrons. The van der Waals surface area contributed by atoms with E-state index < -0.39 is 16.9 Å². The van der Waals surface area contributed by atoms with Gasteiger partial charge < -0.3 is 15.4 Å². The molecule has 8 heteroatoms. The molecule has 2 N–H and O–H groups in total. The van der Waals surface area contributed by atoms with Crippen molar-refractivity contribution >= 4 is 29.0 Å². The van der Waals surface area contributed by atoms with Crippen molar-refractivity contribution in [2.45, 2.75) is 19.9 Å². The summed E-state index contributed by atoms with van der Waals surface area (Å²) in [5.41, 5.74) is 1.08. The van der Waals surface area contributed by atoms with Crippen molar-refractivity contribution in [2.75, 3.05) is 6.61 Å². The normalized spacial score (nSPS) is 17.5. The van der Waals surface area contributed by atoms with Gasteiger partial charge in [-0.05, 0) is 32.1 Å². The summed E-state index contributed by atoms with van der Waals surface area (Å²) in [4.78, 5) is 22.9. The van der Waals surface area contributed by atoms with Crippen LogP contribution in [0.4, 0.5) is 5.69 Å². The number of ether oxygens (including phenoxy) is 1. The molecule has 1 heterocycles. The first-order valence-electron chi connectivity index (χ1n) is 6.64. The number of carbonyl (C=O) groups excluding carboxylic acids is 1. The van der Waals surface area contributed by atoms with E-state index in [1.54, 1.807) is 32.0 Å². The average molecular weight is 321 g/mol. The van der Waals surface area contributed by atoms with Crippen molar-refractivity contribution in [1.82, 2.24) is 10.6 Å². The van der Waals surface area contributed by atoms with Crippen LogP contribution >= 0.6 is 12.2 Å². The van der Waals surface area contributed by atoms with Crippen molar-refractivity contribution < 1.29 is 14.5 Å². The lowest BCUT2D eigenvalue weighted by molar-refractivity contribution is -0.385.